The van der Waals surface area contributed by atoms with Crippen molar-refractivity contribution in [2.75, 3.05) is 4.72 Å². The highest BCUT2D eigenvalue weighted by molar-refractivity contribution is 7.94. The molecule has 0 aliphatic heterocycles. The molecular weight excluding hydrogens is 280 g/mol. The minimum atomic E-state index is -3.49. The van der Waals surface area contributed by atoms with Crippen LogP contribution in [0.5, 0.6) is 0 Å². The number of rotatable bonds is 3. The molecule has 0 saturated carbocycles. The van der Waals surface area contributed by atoms with Gasteiger partial charge in [-0.05, 0) is 42.6 Å². The van der Waals surface area contributed by atoms with E-state index in [0.717, 1.165) is 15.8 Å². The summed E-state index contributed by atoms with van der Waals surface area (Å²) in [7, 11) is -3.49. The average Bonchev–Trinajstić information content (AvgIpc) is 2.96. The number of aromatic amines is 1. The predicted octanol–water partition coefficient (Wildman–Crippen LogP) is 3.34. The molecule has 1 aromatic carbocycles. The number of hydrogen-bond acceptors (Lipinski definition) is 3. The second kappa shape index (κ2) is 4.40. The van der Waals surface area contributed by atoms with Crippen LogP contribution in [0.4, 0.5) is 5.69 Å². The third-order valence-corrected chi connectivity index (χ3v) is 5.66. The second-order valence-electron chi connectivity index (χ2n) is 4.25. The number of hydrogen-bond donors (Lipinski definition) is 2. The zero-order valence-electron chi connectivity index (χ0n) is 10.2. The Morgan fingerprint density at radius 1 is 1.16 bits per heavy atom. The Morgan fingerprint density at radius 3 is 2.74 bits per heavy atom. The summed E-state index contributed by atoms with van der Waals surface area (Å²) in [6.07, 6.45) is 1.82. The molecule has 0 saturated heterocycles. The molecule has 0 atom stereocenters. The van der Waals surface area contributed by atoms with Crippen molar-refractivity contribution in [3.63, 3.8) is 0 Å². The van der Waals surface area contributed by atoms with E-state index in [1.807, 2.05) is 25.3 Å². The number of nitrogens with one attached hydrogen (secondary N) is 2. The number of sulfonamides is 1. The van der Waals surface area contributed by atoms with E-state index < -0.39 is 10.0 Å². The van der Waals surface area contributed by atoms with Gasteiger partial charge in [0.2, 0.25) is 0 Å². The molecule has 0 bridgehead atoms. The van der Waals surface area contributed by atoms with Crippen molar-refractivity contribution in [1.29, 1.82) is 0 Å². The molecule has 0 aliphatic carbocycles. The van der Waals surface area contributed by atoms with Crippen LogP contribution in [0.25, 0.3) is 10.9 Å². The first-order chi connectivity index (χ1) is 9.04. The highest BCUT2D eigenvalue weighted by atomic mass is 32.2. The van der Waals surface area contributed by atoms with Gasteiger partial charge in [-0.1, -0.05) is 6.07 Å². The Labute approximate surface area is 115 Å². The quantitative estimate of drug-likeness (QED) is 0.777. The first-order valence-electron chi connectivity index (χ1n) is 5.71. The maximum Gasteiger partial charge on any atom is 0.271 e. The van der Waals surface area contributed by atoms with Gasteiger partial charge in [-0.2, -0.15) is 0 Å². The lowest BCUT2D eigenvalue weighted by Crippen LogP contribution is -2.11. The van der Waals surface area contributed by atoms with Gasteiger partial charge in [0.15, 0.2) is 0 Å². The van der Waals surface area contributed by atoms with Crippen LogP contribution in [-0.2, 0) is 10.0 Å². The minimum absolute atomic E-state index is 0.330. The van der Waals surface area contributed by atoms with E-state index in [1.54, 1.807) is 24.3 Å². The summed E-state index contributed by atoms with van der Waals surface area (Å²) in [5, 5.41) is 1.05. The van der Waals surface area contributed by atoms with Crippen LogP contribution < -0.4 is 4.72 Å². The third kappa shape index (κ3) is 2.36. The summed E-state index contributed by atoms with van der Waals surface area (Å²) in [4.78, 5) is 4.03. The lowest BCUT2D eigenvalue weighted by Gasteiger charge is -2.06. The van der Waals surface area contributed by atoms with Crippen LogP contribution in [0.2, 0.25) is 0 Å². The van der Waals surface area contributed by atoms with Crippen LogP contribution in [-0.4, -0.2) is 13.4 Å². The standard InChI is InChI=1S/C13H12N2O2S2/c1-9-2-5-13(18-9)19(16,17)15-11-4-3-10-6-7-14-12(10)8-11/h2-8,14-15H,1H3. The van der Waals surface area contributed by atoms with E-state index in [1.165, 1.54) is 11.3 Å². The van der Waals surface area contributed by atoms with Gasteiger partial charge in [0.1, 0.15) is 4.21 Å². The second-order valence-corrected chi connectivity index (χ2v) is 7.45. The fraction of sp³-hybridized carbons (Fsp3) is 0.0769. The van der Waals surface area contributed by atoms with E-state index in [9.17, 15) is 8.42 Å². The van der Waals surface area contributed by atoms with E-state index in [4.69, 9.17) is 0 Å². The zero-order valence-corrected chi connectivity index (χ0v) is 11.8. The Kier molecular flexibility index (Phi) is 2.83. The molecule has 0 spiro atoms. The van der Waals surface area contributed by atoms with Crippen LogP contribution in [0.15, 0.2) is 46.8 Å². The highest BCUT2D eigenvalue weighted by Gasteiger charge is 2.16. The van der Waals surface area contributed by atoms with Crippen LogP contribution in [0.1, 0.15) is 4.88 Å². The topological polar surface area (TPSA) is 62.0 Å². The Morgan fingerprint density at radius 2 is 2.00 bits per heavy atom. The van der Waals surface area contributed by atoms with Crippen molar-refractivity contribution >= 4 is 38.0 Å². The number of H-pyrrole nitrogens is 1. The molecule has 98 valence electrons. The molecule has 0 amide bonds. The van der Waals surface area contributed by atoms with Gasteiger partial charge in [-0.15, -0.1) is 11.3 Å². The van der Waals surface area contributed by atoms with Gasteiger partial charge in [0.05, 0.1) is 5.69 Å². The van der Waals surface area contributed by atoms with Crippen molar-refractivity contribution in [2.45, 2.75) is 11.1 Å². The number of benzene rings is 1. The molecule has 6 heteroatoms. The number of thiophene rings is 1. The number of fused-ring (bicyclic) bond motifs is 1. The van der Waals surface area contributed by atoms with Crippen molar-refractivity contribution in [2.24, 2.45) is 0 Å². The molecule has 0 fully saturated rings. The smallest absolute Gasteiger partial charge is 0.271 e. The third-order valence-electron chi connectivity index (χ3n) is 2.79. The van der Waals surface area contributed by atoms with Crippen molar-refractivity contribution in [1.82, 2.24) is 4.98 Å². The Hall–Kier alpha value is -1.79. The zero-order chi connectivity index (χ0) is 13.5. The van der Waals surface area contributed by atoms with Crippen molar-refractivity contribution < 1.29 is 8.42 Å². The molecular formula is C13H12N2O2S2. The molecule has 0 radical (unpaired) electrons. The summed E-state index contributed by atoms with van der Waals surface area (Å²) in [5.74, 6) is 0. The molecule has 19 heavy (non-hydrogen) atoms. The molecule has 2 aromatic heterocycles. The van der Waals surface area contributed by atoms with Crippen molar-refractivity contribution in [3.8, 4) is 0 Å². The molecule has 0 unspecified atom stereocenters. The summed E-state index contributed by atoms with van der Waals surface area (Å²) >= 11 is 1.26. The summed E-state index contributed by atoms with van der Waals surface area (Å²) in [5.41, 5.74) is 1.46. The lowest BCUT2D eigenvalue weighted by molar-refractivity contribution is 0.603. The van der Waals surface area contributed by atoms with Gasteiger partial charge in [0.25, 0.3) is 10.0 Å². The highest BCUT2D eigenvalue weighted by Crippen LogP contribution is 2.25. The molecule has 3 rings (SSSR count). The van der Waals surface area contributed by atoms with Gasteiger partial charge < -0.3 is 4.98 Å². The van der Waals surface area contributed by atoms with E-state index in [0.29, 0.717) is 9.90 Å². The summed E-state index contributed by atoms with van der Waals surface area (Å²) in [6.45, 7) is 1.88. The summed E-state index contributed by atoms with van der Waals surface area (Å²) in [6, 6.07) is 10.8. The van der Waals surface area contributed by atoms with Gasteiger partial charge in [-0.25, -0.2) is 8.42 Å². The molecule has 2 heterocycles. The molecule has 2 N–H and O–H groups in total. The fourth-order valence-electron chi connectivity index (χ4n) is 1.87. The Balaban J connectivity index is 1.95. The largest absolute Gasteiger partial charge is 0.361 e. The van der Waals surface area contributed by atoms with E-state index in [2.05, 4.69) is 9.71 Å². The molecule has 4 nitrogen and oxygen atoms in total. The number of aromatic nitrogens is 1. The predicted molar refractivity (Wildman–Crippen MR) is 78.2 cm³/mol. The fourth-order valence-corrected chi connectivity index (χ4v) is 4.21. The molecule has 0 aliphatic rings. The maximum atomic E-state index is 12.2. The van der Waals surface area contributed by atoms with E-state index >= 15 is 0 Å². The first-order valence-corrected chi connectivity index (χ1v) is 8.01. The van der Waals surface area contributed by atoms with Gasteiger partial charge in [0, 0.05) is 16.6 Å². The van der Waals surface area contributed by atoms with Gasteiger partial charge >= 0.3 is 0 Å². The van der Waals surface area contributed by atoms with Crippen molar-refractivity contribution in [3.05, 3.63) is 47.5 Å². The van der Waals surface area contributed by atoms with Crippen LogP contribution in [0, 0.1) is 6.92 Å². The van der Waals surface area contributed by atoms with Crippen LogP contribution in [0.3, 0.4) is 0 Å². The lowest BCUT2D eigenvalue weighted by atomic mass is 10.2. The van der Waals surface area contributed by atoms with Crippen LogP contribution >= 0.6 is 11.3 Å². The first kappa shape index (κ1) is 12.3. The number of aryl methyl sites for hydroxylation is 1. The normalized spacial score (nSPS) is 11.8. The maximum absolute atomic E-state index is 12.2. The Bertz CT molecular complexity index is 831. The SMILES string of the molecule is Cc1ccc(S(=O)(=O)Nc2ccc3cc[nH]c3c2)s1. The minimum Gasteiger partial charge on any atom is -0.361 e. The molecule has 3 aromatic rings. The van der Waals surface area contributed by atoms with E-state index in [-0.39, 0.29) is 0 Å². The number of anilines is 1. The average molecular weight is 292 g/mol. The summed E-state index contributed by atoms with van der Waals surface area (Å²) < 4.78 is 27.3. The van der Waals surface area contributed by atoms with Gasteiger partial charge in [-0.3, -0.25) is 4.72 Å². The monoisotopic (exact) mass is 292 g/mol.